The van der Waals surface area contributed by atoms with Gasteiger partial charge in [-0.25, -0.2) is 0 Å². The van der Waals surface area contributed by atoms with Crippen LogP contribution >= 0.6 is 0 Å². The van der Waals surface area contributed by atoms with Crippen molar-refractivity contribution in [2.45, 2.75) is 31.8 Å². The van der Waals surface area contributed by atoms with Crippen molar-refractivity contribution in [2.24, 2.45) is 0 Å². The molecule has 1 amide bonds. The number of carbonyl (C=O) groups excluding carboxylic acids is 1. The minimum Gasteiger partial charge on any atom is -0.388 e. The predicted octanol–water partition coefficient (Wildman–Crippen LogP) is -0.373. The lowest BCUT2D eigenvalue weighted by molar-refractivity contribution is -0.126. The van der Waals surface area contributed by atoms with Gasteiger partial charge in [0.15, 0.2) is 0 Å². The van der Waals surface area contributed by atoms with E-state index in [9.17, 15) is 9.90 Å². The number of aliphatic hydroxyl groups is 1. The van der Waals surface area contributed by atoms with Crippen molar-refractivity contribution >= 4 is 5.91 Å². The summed E-state index contributed by atoms with van der Waals surface area (Å²) in [4.78, 5) is 11.2. The summed E-state index contributed by atoms with van der Waals surface area (Å²) in [5.41, 5.74) is -0.822. The molecule has 1 atom stereocenters. The number of rotatable bonds is 3. The zero-order valence-electron chi connectivity index (χ0n) is 8.10. The molecule has 0 aromatic heterocycles. The van der Waals surface area contributed by atoms with E-state index in [2.05, 4.69) is 10.6 Å². The summed E-state index contributed by atoms with van der Waals surface area (Å²) in [5.74, 6) is -0.0614. The third-order valence-corrected chi connectivity index (χ3v) is 2.31. The van der Waals surface area contributed by atoms with Gasteiger partial charge in [0.05, 0.1) is 12.0 Å². The van der Waals surface area contributed by atoms with Gasteiger partial charge in [0.25, 0.3) is 0 Å². The van der Waals surface area contributed by atoms with Crippen molar-refractivity contribution in [1.29, 1.82) is 0 Å². The van der Waals surface area contributed by atoms with Crippen molar-refractivity contribution in [2.75, 3.05) is 19.6 Å². The fourth-order valence-electron chi connectivity index (χ4n) is 1.66. The maximum atomic E-state index is 11.2. The lowest BCUT2D eigenvalue weighted by Crippen LogP contribution is -2.48. The molecule has 13 heavy (non-hydrogen) atoms. The van der Waals surface area contributed by atoms with Gasteiger partial charge in [-0.1, -0.05) is 0 Å². The first-order valence-electron chi connectivity index (χ1n) is 4.86. The number of carbonyl (C=O) groups is 1. The van der Waals surface area contributed by atoms with E-state index < -0.39 is 5.60 Å². The number of β-amino-alcohol motifs (C(OH)–C–C–N with tert-alkyl or cyclic N) is 1. The molecule has 0 aliphatic carbocycles. The van der Waals surface area contributed by atoms with Crippen LogP contribution in [0.25, 0.3) is 0 Å². The van der Waals surface area contributed by atoms with Gasteiger partial charge in [0.2, 0.25) is 5.91 Å². The molecule has 0 saturated carbocycles. The highest BCUT2D eigenvalue weighted by molar-refractivity contribution is 5.77. The minimum atomic E-state index is -0.822. The SMILES string of the molecule is CCNC(=O)CC1(O)CCCNC1. The van der Waals surface area contributed by atoms with Crippen molar-refractivity contribution in [3.05, 3.63) is 0 Å². The molecule has 0 bridgehead atoms. The maximum absolute atomic E-state index is 11.2. The van der Waals surface area contributed by atoms with Crippen LogP contribution < -0.4 is 10.6 Å². The molecule has 1 aliphatic rings. The van der Waals surface area contributed by atoms with Gasteiger partial charge in [0, 0.05) is 13.1 Å². The Bertz CT molecular complexity index is 176. The van der Waals surface area contributed by atoms with E-state index >= 15 is 0 Å². The molecule has 4 heteroatoms. The highest BCUT2D eigenvalue weighted by Gasteiger charge is 2.31. The Balaban J connectivity index is 2.36. The van der Waals surface area contributed by atoms with Gasteiger partial charge < -0.3 is 15.7 Å². The lowest BCUT2D eigenvalue weighted by atomic mass is 9.90. The Morgan fingerprint density at radius 2 is 2.46 bits per heavy atom. The van der Waals surface area contributed by atoms with E-state index in [0.717, 1.165) is 19.4 Å². The van der Waals surface area contributed by atoms with Gasteiger partial charge in [0.1, 0.15) is 0 Å². The standard InChI is InChI=1S/C9H18N2O2/c1-2-11-8(12)6-9(13)4-3-5-10-7-9/h10,13H,2-7H2,1H3,(H,11,12). The number of nitrogens with one attached hydrogen (secondary N) is 2. The van der Waals surface area contributed by atoms with E-state index in [1.165, 1.54) is 0 Å². The fourth-order valence-corrected chi connectivity index (χ4v) is 1.66. The van der Waals surface area contributed by atoms with Crippen molar-refractivity contribution < 1.29 is 9.90 Å². The number of amides is 1. The van der Waals surface area contributed by atoms with E-state index in [4.69, 9.17) is 0 Å². The second-order valence-corrected chi connectivity index (χ2v) is 3.63. The largest absolute Gasteiger partial charge is 0.388 e. The molecule has 0 aromatic rings. The van der Waals surface area contributed by atoms with Crippen LogP contribution in [-0.4, -0.2) is 36.2 Å². The normalized spacial score (nSPS) is 28.5. The smallest absolute Gasteiger partial charge is 0.222 e. The van der Waals surface area contributed by atoms with Crippen LogP contribution in [0.3, 0.4) is 0 Å². The van der Waals surface area contributed by atoms with Gasteiger partial charge >= 0.3 is 0 Å². The first-order chi connectivity index (χ1) is 6.16. The molecule has 1 aliphatic heterocycles. The highest BCUT2D eigenvalue weighted by atomic mass is 16.3. The molecule has 1 fully saturated rings. The average Bonchev–Trinajstić information content (AvgIpc) is 2.04. The number of hydrogen-bond donors (Lipinski definition) is 3. The molecule has 4 nitrogen and oxygen atoms in total. The first-order valence-corrected chi connectivity index (χ1v) is 4.86. The number of piperidine rings is 1. The van der Waals surface area contributed by atoms with Crippen molar-refractivity contribution in [3.63, 3.8) is 0 Å². The molecule has 0 radical (unpaired) electrons. The molecule has 1 unspecified atom stereocenters. The molecular weight excluding hydrogens is 168 g/mol. The first kappa shape index (κ1) is 10.5. The molecule has 0 aromatic carbocycles. The third kappa shape index (κ3) is 3.32. The van der Waals surface area contributed by atoms with Gasteiger partial charge in [-0.3, -0.25) is 4.79 Å². The van der Waals surface area contributed by atoms with Gasteiger partial charge in [-0.05, 0) is 26.3 Å². The molecule has 3 N–H and O–H groups in total. The van der Waals surface area contributed by atoms with Crippen molar-refractivity contribution in [1.82, 2.24) is 10.6 Å². The predicted molar refractivity (Wildman–Crippen MR) is 50.4 cm³/mol. The highest BCUT2D eigenvalue weighted by Crippen LogP contribution is 2.19. The lowest BCUT2D eigenvalue weighted by Gasteiger charge is -2.31. The molecule has 0 spiro atoms. The van der Waals surface area contributed by atoms with Gasteiger partial charge in [-0.15, -0.1) is 0 Å². The summed E-state index contributed by atoms with van der Waals surface area (Å²) < 4.78 is 0. The Morgan fingerprint density at radius 3 is 3.00 bits per heavy atom. The Hall–Kier alpha value is -0.610. The molecular formula is C9H18N2O2. The summed E-state index contributed by atoms with van der Waals surface area (Å²) in [7, 11) is 0. The zero-order chi connectivity index (χ0) is 9.73. The topological polar surface area (TPSA) is 61.4 Å². The summed E-state index contributed by atoms with van der Waals surface area (Å²) in [6.45, 7) is 3.98. The van der Waals surface area contributed by atoms with Crippen LogP contribution in [0, 0.1) is 0 Å². The van der Waals surface area contributed by atoms with Crippen LogP contribution in [-0.2, 0) is 4.79 Å². The van der Waals surface area contributed by atoms with Crippen LogP contribution in [0.2, 0.25) is 0 Å². The summed E-state index contributed by atoms with van der Waals surface area (Å²) in [5, 5.41) is 15.7. The van der Waals surface area contributed by atoms with Crippen LogP contribution in [0.4, 0.5) is 0 Å². The fraction of sp³-hybridized carbons (Fsp3) is 0.889. The zero-order valence-corrected chi connectivity index (χ0v) is 8.10. The Morgan fingerprint density at radius 1 is 1.69 bits per heavy atom. The number of hydrogen-bond acceptors (Lipinski definition) is 3. The summed E-state index contributed by atoms with van der Waals surface area (Å²) in [6, 6.07) is 0. The van der Waals surface area contributed by atoms with E-state index in [1.807, 2.05) is 6.92 Å². The van der Waals surface area contributed by atoms with Gasteiger partial charge in [-0.2, -0.15) is 0 Å². The minimum absolute atomic E-state index is 0.0614. The monoisotopic (exact) mass is 186 g/mol. The summed E-state index contributed by atoms with van der Waals surface area (Å²) >= 11 is 0. The molecule has 1 saturated heterocycles. The Labute approximate surface area is 78.7 Å². The van der Waals surface area contributed by atoms with Crippen molar-refractivity contribution in [3.8, 4) is 0 Å². The van der Waals surface area contributed by atoms with Crippen LogP contribution in [0.15, 0.2) is 0 Å². The Kier molecular flexibility index (Phi) is 3.69. The molecule has 76 valence electrons. The van der Waals surface area contributed by atoms with Crippen LogP contribution in [0.1, 0.15) is 26.2 Å². The molecule has 1 rings (SSSR count). The quantitative estimate of drug-likeness (QED) is 0.563. The second kappa shape index (κ2) is 4.58. The molecule has 1 heterocycles. The van der Waals surface area contributed by atoms with Crippen LogP contribution in [0.5, 0.6) is 0 Å². The van der Waals surface area contributed by atoms with E-state index in [-0.39, 0.29) is 12.3 Å². The second-order valence-electron chi connectivity index (χ2n) is 3.63. The summed E-state index contributed by atoms with van der Waals surface area (Å²) in [6.07, 6.45) is 1.88. The average molecular weight is 186 g/mol. The van der Waals surface area contributed by atoms with E-state index in [1.54, 1.807) is 0 Å². The van der Waals surface area contributed by atoms with E-state index in [0.29, 0.717) is 13.1 Å². The maximum Gasteiger partial charge on any atom is 0.222 e. The third-order valence-electron chi connectivity index (χ3n) is 2.31.